The van der Waals surface area contributed by atoms with Crippen LogP contribution in [-0.4, -0.2) is 49.7 Å². The van der Waals surface area contributed by atoms with Gasteiger partial charge in [-0.3, -0.25) is 9.59 Å². The van der Waals surface area contributed by atoms with Crippen molar-refractivity contribution in [3.63, 3.8) is 0 Å². The molecule has 1 heterocycles. The molecule has 18 heavy (non-hydrogen) atoms. The summed E-state index contributed by atoms with van der Waals surface area (Å²) in [6.07, 6.45) is 2.87. The Morgan fingerprint density at radius 3 is 2.00 bits per heavy atom. The van der Waals surface area contributed by atoms with E-state index in [1.807, 2.05) is 0 Å². The predicted molar refractivity (Wildman–Crippen MR) is 64.9 cm³/mol. The summed E-state index contributed by atoms with van der Waals surface area (Å²) in [4.78, 5) is 25.8. The van der Waals surface area contributed by atoms with Crippen molar-refractivity contribution >= 4 is 11.9 Å². The molecule has 1 saturated heterocycles. The molecule has 0 aromatic rings. The first-order valence-corrected chi connectivity index (χ1v) is 6.40. The van der Waals surface area contributed by atoms with Gasteiger partial charge < -0.3 is 14.4 Å². The van der Waals surface area contributed by atoms with Gasteiger partial charge in [0.15, 0.2) is 0 Å². The van der Waals surface area contributed by atoms with E-state index < -0.39 is 5.41 Å². The molecular formula is C13H21NO4. The molecule has 0 radical (unpaired) electrons. The minimum Gasteiger partial charge on any atom is -0.468 e. The number of rotatable bonds is 3. The van der Waals surface area contributed by atoms with Crippen molar-refractivity contribution in [3.8, 4) is 0 Å². The number of esters is 1. The van der Waals surface area contributed by atoms with E-state index in [4.69, 9.17) is 9.47 Å². The fraction of sp³-hybridized carbons (Fsp3) is 0.846. The molecule has 1 aliphatic carbocycles. The molecule has 0 unspecified atom stereocenters. The molecular weight excluding hydrogens is 234 g/mol. The molecule has 0 aromatic heterocycles. The Morgan fingerprint density at radius 2 is 1.61 bits per heavy atom. The Bertz CT molecular complexity index is 354. The summed E-state index contributed by atoms with van der Waals surface area (Å²) in [6.45, 7) is 3.37. The summed E-state index contributed by atoms with van der Waals surface area (Å²) in [6, 6.07) is 0. The van der Waals surface area contributed by atoms with E-state index in [1.54, 1.807) is 12.0 Å². The summed E-state index contributed by atoms with van der Waals surface area (Å²) in [5.41, 5.74) is -1.01. The highest BCUT2D eigenvalue weighted by molar-refractivity contribution is 6.05. The van der Waals surface area contributed by atoms with Crippen molar-refractivity contribution in [2.45, 2.75) is 38.2 Å². The second-order valence-electron chi connectivity index (χ2n) is 5.52. The van der Waals surface area contributed by atoms with Gasteiger partial charge in [-0.1, -0.05) is 0 Å². The number of piperidine rings is 1. The third-order valence-electron chi connectivity index (χ3n) is 4.34. The van der Waals surface area contributed by atoms with Crippen LogP contribution in [0.1, 0.15) is 32.6 Å². The van der Waals surface area contributed by atoms with E-state index in [0.717, 1.165) is 12.8 Å². The number of amides is 1. The summed E-state index contributed by atoms with van der Waals surface area (Å²) >= 11 is 0. The second-order valence-corrected chi connectivity index (χ2v) is 5.52. The largest absolute Gasteiger partial charge is 0.468 e. The molecule has 2 rings (SSSR count). The Kier molecular flexibility index (Phi) is 3.36. The molecule has 5 heteroatoms. The van der Waals surface area contributed by atoms with Crippen LogP contribution in [0.5, 0.6) is 0 Å². The second kappa shape index (κ2) is 4.53. The maximum Gasteiger partial charge on any atom is 0.321 e. The number of methoxy groups -OCH3 is 2. The van der Waals surface area contributed by atoms with Crippen molar-refractivity contribution < 1.29 is 19.1 Å². The first-order chi connectivity index (χ1) is 8.47. The lowest BCUT2D eigenvalue weighted by Gasteiger charge is -2.39. The van der Waals surface area contributed by atoms with Gasteiger partial charge in [-0.2, -0.15) is 0 Å². The average Bonchev–Trinajstić information content (AvgIpc) is 3.19. The van der Waals surface area contributed by atoms with Gasteiger partial charge in [0.2, 0.25) is 5.91 Å². The average molecular weight is 255 g/mol. The number of carbonyl (C=O) groups excluding carboxylic acids is 2. The number of carbonyl (C=O) groups is 2. The van der Waals surface area contributed by atoms with Gasteiger partial charge in [0.25, 0.3) is 0 Å². The zero-order chi connectivity index (χ0) is 13.4. The van der Waals surface area contributed by atoms with Gasteiger partial charge in [-0.25, -0.2) is 0 Å². The molecule has 1 saturated carbocycles. The SMILES string of the molecule is COC(=O)C1(C(=O)N2CCC(C)(OC)CC2)CC1. The van der Waals surface area contributed by atoms with Gasteiger partial charge in [-0.15, -0.1) is 0 Å². The van der Waals surface area contributed by atoms with E-state index >= 15 is 0 Å². The van der Waals surface area contributed by atoms with Crippen LogP contribution in [0.2, 0.25) is 0 Å². The quantitative estimate of drug-likeness (QED) is 0.557. The summed E-state index contributed by atoms with van der Waals surface area (Å²) in [7, 11) is 3.04. The molecule has 1 amide bonds. The third-order valence-corrected chi connectivity index (χ3v) is 4.34. The lowest BCUT2D eigenvalue weighted by atomic mass is 9.92. The first-order valence-electron chi connectivity index (χ1n) is 6.40. The van der Waals surface area contributed by atoms with Gasteiger partial charge in [0, 0.05) is 20.2 Å². The molecule has 102 valence electrons. The van der Waals surface area contributed by atoms with Gasteiger partial charge in [0.05, 0.1) is 12.7 Å². The summed E-state index contributed by atoms with van der Waals surface area (Å²) in [5.74, 6) is -0.444. The highest BCUT2D eigenvalue weighted by Crippen LogP contribution is 2.48. The molecule has 0 bridgehead atoms. The monoisotopic (exact) mass is 255 g/mol. The number of ether oxygens (including phenoxy) is 2. The van der Waals surface area contributed by atoms with E-state index in [-0.39, 0.29) is 17.5 Å². The van der Waals surface area contributed by atoms with Crippen LogP contribution >= 0.6 is 0 Å². The maximum atomic E-state index is 12.4. The third kappa shape index (κ3) is 2.11. The minimum atomic E-state index is -0.866. The van der Waals surface area contributed by atoms with Gasteiger partial charge >= 0.3 is 5.97 Å². The van der Waals surface area contributed by atoms with Crippen LogP contribution < -0.4 is 0 Å². The fourth-order valence-corrected chi connectivity index (χ4v) is 2.52. The minimum absolute atomic E-state index is 0.0625. The Hall–Kier alpha value is -1.10. The number of hydrogen-bond donors (Lipinski definition) is 0. The van der Waals surface area contributed by atoms with E-state index in [1.165, 1.54) is 7.11 Å². The Labute approximate surface area is 107 Å². The van der Waals surface area contributed by atoms with Crippen LogP contribution in [0.4, 0.5) is 0 Å². The van der Waals surface area contributed by atoms with Crippen LogP contribution in [0.25, 0.3) is 0 Å². The Balaban J connectivity index is 1.98. The van der Waals surface area contributed by atoms with E-state index in [0.29, 0.717) is 25.9 Å². The molecule has 1 aliphatic heterocycles. The molecule has 0 atom stereocenters. The van der Waals surface area contributed by atoms with Crippen molar-refractivity contribution in [1.29, 1.82) is 0 Å². The lowest BCUT2D eigenvalue weighted by molar-refractivity contribution is -0.157. The van der Waals surface area contributed by atoms with Gasteiger partial charge in [0.1, 0.15) is 5.41 Å². The molecule has 0 aromatic carbocycles. The zero-order valence-electron chi connectivity index (χ0n) is 11.3. The van der Waals surface area contributed by atoms with Gasteiger partial charge in [-0.05, 0) is 32.6 Å². The van der Waals surface area contributed by atoms with Crippen LogP contribution in [0.3, 0.4) is 0 Å². The first kappa shape index (κ1) is 13.3. The standard InChI is InChI=1S/C13H21NO4/c1-12(18-3)6-8-14(9-7-12)10(15)13(4-5-13)11(16)17-2/h4-9H2,1-3H3. The predicted octanol–water partition coefficient (Wildman–Crippen LogP) is 0.967. The highest BCUT2D eigenvalue weighted by atomic mass is 16.5. The number of nitrogens with zero attached hydrogens (tertiary/aromatic N) is 1. The Morgan fingerprint density at radius 1 is 1.06 bits per heavy atom. The topological polar surface area (TPSA) is 55.8 Å². The smallest absolute Gasteiger partial charge is 0.321 e. The lowest BCUT2D eigenvalue weighted by Crippen LogP contribution is -2.49. The van der Waals surface area contributed by atoms with Crippen molar-refractivity contribution in [2.24, 2.45) is 5.41 Å². The maximum absolute atomic E-state index is 12.4. The molecule has 2 fully saturated rings. The van der Waals surface area contributed by atoms with E-state index in [9.17, 15) is 9.59 Å². The van der Waals surface area contributed by atoms with Crippen LogP contribution in [-0.2, 0) is 19.1 Å². The molecule has 5 nitrogen and oxygen atoms in total. The summed E-state index contributed by atoms with van der Waals surface area (Å²) < 4.78 is 10.2. The normalized spacial score (nSPS) is 24.5. The molecule has 2 aliphatic rings. The zero-order valence-corrected chi connectivity index (χ0v) is 11.3. The fourth-order valence-electron chi connectivity index (χ4n) is 2.52. The number of hydrogen-bond acceptors (Lipinski definition) is 4. The molecule has 0 N–H and O–H groups in total. The summed E-state index contributed by atoms with van der Waals surface area (Å²) in [5, 5.41) is 0. The van der Waals surface area contributed by atoms with Crippen LogP contribution in [0, 0.1) is 5.41 Å². The molecule has 0 spiro atoms. The van der Waals surface area contributed by atoms with Crippen molar-refractivity contribution in [1.82, 2.24) is 4.90 Å². The van der Waals surface area contributed by atoms with Crippen molar-refractivity contribution in [3.05, 3.63) is 0 Å². The highest BCUT2D eigenvalue weighted by Gasteiger charge is 2.59. The van der Waals surface area contributed by atoms with Crippen molar-refractivity contribution in [2.75, 3.05) is 27.3 Å². The van der Waals surface area contributed by atoms with E-state index in [2.05, 4.69) is 6.92 Å². The number of likely N-dealkylation sites (tertiary alicyclic amines) is 1. The van der Waals surface area contributed by atoms with Crippen LogP contribution in [0.15, 0.2) is 0 Å².